The van der Waals surface area contributed by atoms with Crippen molar-refractivity contribution in [1.82, 2.24) is 24.8 Å². The predicted octanol–water partition coefficient (Wildman–Crippen LogP) is 2.83. The lowest BCUT2D eigenvalue weighted by molar-refractivity contribution is 0.0652. The number of H-pyrrole nitrogens is 1. The second-order valence-corrected chi connectivity index (χ2v) is 7.12. The summed E-state index contributed by atoms with van der Waals surface area (Å²) in [7, 11) is 0. The molecule has 148 valence electrons. The van der Waals surface area contributed by atoms with E-state index < -0.39 is 0 Å². The van der Waals surface area contributed by atoms with E-state index in [0.717, 1.165) is 22.3 Å². The van der Waals surface area contributed by atoms with Crippen LogP contribution in [0.15, 0.2) is 54.9 Å². The number of aromatic nitrogens is 4. The van der Waals surface area contributed by atoms with Crippen LogP contribution >= 0.6 is 0 Å². The van der Waals surface area contributed by atoms with E-state index in [0.29, 0.717) is 36.2 Å². The van der Waals surface area contributed by atoms with Crippen LogP contribution in [-0.2, 0) is 6.42 Å². The van der Waals surface area contributed by atoms with Gasteiger partial charge in [0.15, 0.2) is 0 Å². The van der Waals surface area contributed by atoms with Crippen molar-refractivity contribution in [3.05, 3.63) is 71.7 Å². The molecule has 5 rings (SSSR count). The lowest BCUT2D eigenvalue weighted by Gasteiger charge is -2.13. The van der Waals surface area contributed by atoms with Crippen molar-refractivity contribution in [1.29, 1.82) is 0 Å². The van der Waals surface area contributed by atoms with Crippen LogP contribution in [0, 0.1) is 0 Å². The molecule has 0 spiro atoms. The number of nitrogens with zero attached hydrogens (tertiary/aromatic N) is 4. The van der Waals surface area contributed by atoms with Gasteiger partial charge in [-0.1, -0.05) is 12.1 Å². The van der Waals surface area contributed by atoms with Gasteiger partial charge >= 0.3 is 0 Å². The van der Waals surface area contributed by atoms with Crippen molar-refractivity contribution in [2.45, 2.75) is 12.8 Å². The molecule has 0 saturated heterocycles. The lowest BCUT2D eigenvalue weighted by Crippen LogP contribution is -2.31. The van der Waals surface area contributed by atoms with E-state index in [1.807, 2.05) is 24.4 Å². The van der Waals surface area contributed by atoms with Crippen LogP contribution in [0.1, 0.15) is 32.8 Å². The number of hydrogen-bond donors (Lipinski definition) is 2. The van der Waals surface area contributed by atoms with Gasteiger partial charge < -0.3 is 10.7 Å². The first-order chi connectivity index (χ1) is 14.6. The molecule has 3 N–H and O–H groups in total. The minimum atomic E-state index is -0.246. The molecule has 0 radical (unpaired) electrons. The average molecular weight is 398 g/mol. The number of carbonyl (C=O) groups is 2. The van der Waals surface area contributed by atoms with E-state index in [4.69, 9.17) is 5.73 Å². The van der Waals surface area contributed by atoms with Gasteiger partial charge in [-0.2, -0.15) is 0 Å². The molecule has 8 heteroatoms. The number of imide groups is 1. The summed E-state index contributed by atoms with van der Waals surface area (Å²) in [5, 5.41) is 0.951. The summed E-state index contributed by atoms with van der Waals surface area (Å²) in [4.78, 5) is 42.4. The summed E-state index contributed by atoms with van der Waals surface area (Å²) in [6.07, 6.45) is 4.72. The van der Waals surface area contributed by atoms with E-state index >= 15 is 0 Å². The molecule has 4 heterocycles. The largest absolute Gasteiger partial charge is 0.368 e. The number of nitrogens with two attached hydrogens (primary N) is 1. The van der Waals surface area contributed by atoms with Gasteiger partial charge in [0.2, 0.25) is 5.95 Å². The third-order valence-electron chi connectivity index (χ3n) is 5.22. The Labute approximate surface area is 171 Å². The molecular weight excluding hydrogens is 380 g/mol. The van der Waals surface area contributed by atoms with Crippen LogP contribution < -0.4 is 5.73 Å². The van der Waals surface area contributed by atoms with Crippen LogP contribution in [0.3, 0.4) is 0 Å². The molecule has 0 unspecified atom stereocenters. The number of aromatic amines is 1. The highest BCUT2D eigenvalue weighted by atomic mass is 16.2. The molecule has 0 bridgehead atoms. The molecule has 0 atom stereocenters. The number of benzene rings is 1. The fourth-order valence-electron chi connectivity index (χ4n) is 3.81. The molecule has 1 aliphatic rings. The van der Waals surface area contributed by atoms with Gasteiger partial charge in [-0.15, -0.1) is 0 Å². The summed E-state index contributed by atoms with van der Waals surface area (Å²) < 4.78 is 0. The molecule has 4 aromatic rings. The molecule has 0 saturated carbocycles. The van der Waals surface area contributed by atoms with Gasteiger partial charge in [0.25, 0.3) is 11.8 Å². The number of hydrogen-bond acceptors (Lipinski definition) is 6. The fraction of sp³-hybridized carbons (Fsp3) is 0.136. The van der Waals surface area contributed by atoms with Gasteiger partial charge in [-0.3, -0.25) is 14.5 Å². The highest BCUT2D eigenvalue weighted by Crippen LogP contribution is 2.27. The number of fused-ring (bicyclic) bond motifs is 2. The number of pyridine rings is 1. The summed E-state index contributed by atoms with van der Waals surface area (Å²) in [5.74, 6) is -0.309. The first kappa shape index (κ1) is 18.0. The predicted molar refractivity (Wildman–Crippen MR) is 112 cm³/mol. The molecule has 2 amide bonds. The fourth-order valence-corrected chi connectivity index (χ4v) is 3.81. The van der Waals surface area contributed by atoms with E-state index in [9.17, 15) is 9.59 Å². The maximum atomic E-state index is 12.5. The second kappa shape index (κ2) is 7.07. The number of nitrogen functional groups attached to an aromatic ring is 1. The Bertz CT molecular complexity index is 1260. The van der Waals surface area contributed by atoms with Crippen LogP contribution in [0.4, 0.5) is 5.95 Å². The number of rotatable bonds is 5. The molecule has 1 aliphatic heterocycles. The Hall–Kier alpha value is -4.07. The zero-order valence-corrected chi connectivity index (χ0v) is 16.0. The highest BCUT2D eigenvalue weighted by molar-refractivity contribution is 6.21. The van der Waals surface area contributed by atoms with Crippen LogP contribution in [0.5, 0.6) is 0 Å². The molecule has 30 heavy (non-hydrogen) atoms. The normalized spacial score (nSPS) is 13.3. The first-order valence-electron chi connectivity index (χ1n) is 9.63. The topological polar surface area (TPSA) is 118 Å². The lowest BCUT2D eigenvalue weighted by atomic mass is 10.1. The van der Waals surface area contributed by atoms with Gasteiger partial charge in [0, 0.05) is 35.6 Å². The number of anilines is 1. The monoisotopic (exact) mass is 398 g/mol. The van der Waals surface area contributed by atoms with E-state index in [-0.39, 0.29) is 17.8 Å². The quantitative estimate of drug-likeness (QED) is 0.499. The zero-order chi connectivity index (χ0) is 20.7. The first-order valence-corrected chi connectivity index (χ1v) is 9.63. The summed E-state index contributed by atoms with van der Waals surface area (Å²) in [6.45, 7) is 0.322. The van der Waals surface area contributed by atoms with Gasteiger partial charge in [-0.05, 0) is 43.2 Å². The van der Waals surface area contributed by atoms with Crippen LogP contribution in [-0.4, -0.2) is 43.2 Å². The molecule has 0 aliphatic carbocycles. The smallest absolute Gasteiger partial charge is 0.261 e. The molecule has 8 nitrogen and oxygen atoms in total. The Kier molecular flexibility index (Phi) is 4.24. The number of carbonyl (C=O) groups excluding carboxylic acids is 2. The second-order valence-electron chi connectivity index (χ2n) is 7.12. The van der Waals surface area contributed by atoms with Crippen molar-refractivity contribution in [3.8, 4) is 11.3 Å². The van der Waals surface area contributed by atoms with E-state index in [1.54, 1.807) is 30.5 Å². The molecule has 1 aromatic carbocycles. The van der Waals surface area contributed by atoms with Crippen molar-refractivity contribution in [2.24, 2.45) is 0 Å². The van der Waals surface area contributed by atoms with Crippen molar-refractivity contribution < 1.29 is 9.59 Å². The number of nitrogens with one attached hydrogen (secondary N) is 1. The number of amides is 2. The zero-order valence-electron chi connectivity index (χ0n) is 16.0. The standard InChI is InChI=1S/C22H18N6O2/c23-22-26-13(11-18(27-22)17-12-25-19-14(17)8-3-9-24-19)5-4-10-28-20(29)15-6-1-2-7-16(15)21(28)30/h1-3,6-9,11-12H,4-5,10H2,(H,24,25)(H2,23,26,27). The van der Waals surface area contributed by atoms with E-state index in [1.165, 1.54) is 4.90 Å². The SMILES string of the molecule is Nc1nc(CCCN2C(=O)c3ccccc3C2=O)cc(-c2c[nH]c3ncccc23)n1. The van der Waals surface area contributed by atoms with Crippen molar-refractivity contribution in [3.63, 3.8) is 0 Å². The Balaban J connectivity index is 1.33. The third kappa shape index (κ3) is 2.98. The summed E-state index contributed by atoms with van der Waals surface area (Å²) >= 11 is 0. The van der Waals surface area contributed by atoms with Crippen LogP contribution in [0.2, 0.25) is 0 Å². The van der Waals surface area contributed by atoms with Crippen molar-refractivity contribution >= 4 is 28.8 Å². The summed E-state index contributed by atoms with van der Waals surface area (Å²) in [5.41, 5.74) is 10.00. The van der Waals surface area contributed by atoms with Gasteiger partial charge in [-0.25, -0.2) is 15.0 Å². The van der Waals surface area contributed by atoms with E-state index in [2.05, 4.69) is 19.9 Å². The maximum absolute atomic E-state index is 12.5. The third-order valence-corrected chi connectivity index (χ3v) is 5.22. The van der Waals surface area contributed by atoms with Crippen LogP contribution in [0.25, 0.3) is 22.3 Å². The minimum absolute atomic E-state index is 0.182. The average Bonchev–Trinajstić information content (AvgIpc) is 3.29. The molecule has 3 aromatic heterocycles. The van der Waals surface area contributed by atoms with Gasteiger partial charge in [0.1, 0.15) is 5.65 Å². The Morgan fingerprint density at radius 2 is 1.73 bits per heavy atom. The van der Waals surface area contributed by atoms with Crippen molar-refractivity contribution in [2.75, 3.05) is 12.3 Å². The number of aryl methyl sites for hydroxylation is 1. The molecular formula is C22H18N6O2. The molecule has 0 fully saturated rings. The van der Waals surface area contributed by atoms with Gasteiger partial charge in [0.05, 0.1) is 16.8 Å². The highest BCUT2D eigenvalue weighted by Gasteiger charge is 2.34. The Morgan fingerprint density at radius 1 is 0.967 bits per heavy atom. The maximum Gasteiger partial charge on any atom is 0.261 e. The Morgan fingerprint density at radius 3 is 2.50 bits per heavy atom. The minimum Gasteiger partial charge on any atom is -0.368 e. The summed E-state index contributed by atoms with van der Waals surface area (Å²) in [6, 6.07) is 12.6.